The summed E-state index contributed by atoms with van der Waals surface area (Å²) in [4.78, 5) is 15.7. The van der Waals surface area contributed by atoms with Crippen LogP contribution in [0.4, 0.5) is 0 Å². The minimum absolute atomic E-state index is 0.0709. The van der Waals surface area contributed by atoms with Crippen molar-refractivity contribution in [2.24, 2.45) is 0 Å². The molecule has 1 atom stereocenters. The first-order valence-electron chi connectivity index (χ1n) is 7.25. The van der Waals surface area contributed by atoms with Gasteiger partial charge in [0.15, 0.2) is 5.69 Å². The van der Waals surface area contributed by atoms with Crippen LogP contribution in [0.3, 0.4) is 0 Å². The molecule has 1 aromatic carbocycles. The maximum absolute atomic E-state index is 12.8. The largest absolute Gasteiger partial charge is 0.497 e. The van der Waals surface area contributed by atoms with Crippen molar-refractivity contribution in [1.29, 1.82) is 0 Å². The smallest absolute Gasteiger partial charge is 0.354 e. The minimum atomic E-state index is -1.36. The van der Waals surface area contributed by atoms with E-state index in [-0.39, 0.29) is 18.2 Å². The summed E-state index contributed by atoms with van der Waals surface area (Å²) in [7, 11) is 0.218. The Bertz CT molecular complexity index is 779. The van der Waals surface area contributed by atoms with Crippen molar-refractivity contribution in [2.45, 2.75) is 11.4 Å². The van der Waals surface area contributed by atoms with E-state index in [1.807, 2.05) is 0 Å². The molecule has 2 aromatic rings. The lowest BCUT2D eigenvalue weighted by atomic mass is 10.2. The van der Waals surface area contributed by atoms with Crippen LogP contribution in [-0.2, 0) is 17.5 Å². The summed E-state index contributed by atoms with van der Waals surface area (Å²) in [5.74, 6) is -0.126. The predicted molar refractivity (Wildman–Crippen MR) is 86.5 cm³/mol. The fourth-order valence-corrected chi connectivity index (χ4v) is 3.49. The first-order chi connectivity index (χ1) is 11.6. The maximum Gasteiger partial charge on any atom is 0.354 e. The number of fused-ring (bicyclic) bond motifs is 1. The van der Waals surface area contributed by atoms with Gasteiger partial charge < -0.3 is 14.6 Å². The SMILES string of the molecule is COc1ccc(S(=O)N2CCOc3nc(C(=O)O)ccc3C2)cc1. The van der Waals surface area contributed by atoms with Crippen LogP contribution in [-0.4, -0.2) is 44.8 Å². The molecule has 3 rings (SSSR count). The molecule has 8 heteroatoms. The third-order valence-electron chi connectivity index (χ3n) is 3.58. The Kier molecular flexibility index (Phi) is 4.77. The van der Waals surface area contributed by atoms with E-state index in [4.69, 9.17) is 14.6 Å². The Morgan fingerprint density at radius 1 is 1.29 bits per heavy atom. The lowest BCUT2D eigenvalue weighted by molar-refractivity contribution is 0.0689. The second-order valence-electron chi connectivity index (χ2n) is 5.10. The number of rotatable bonds is 4. The van der Waals surface area contributed by atoms with Crippen LogP contribution in [0, 0.1) is 0 Å². The number of nitrogens with zero attached hydrogens (tertiary/aromatic N) is 2. The van der Waals surface area contributed by atoms with E-state index >= 15 is 0 Å². The molecule has 126 valence electrons. The maximum atomic E-state index is 12.8. The molecule has 2 heterocycles. The van der Waals surface area contributed by atoms with Crippen molar-refractivity contribution >= 4 is 17.0 Å². The number of carbonyl (C=O) groups is 1. The molecule has 0 bridgehead atoms. The van der Waals surface area contributed by atoms with Crippen LogP contribution < -0.4 is 9.47 Å². The van der Waals surface area contributed by atoms with Crippen molar-refractivity contribution in [1.82, 2.24) is 9.29 Å². The molecule has 1 aliphatic heterocycles. The van der Waals surface area contributed by atoms with E-state index in [1.165, 1.54) is 6.07 Å². The van der Waals surface area contributed by atoms with Crippen molar-refractivity contribution in [3.8, 4) is 11.6 Å². The number of carboxylic acid groups (broad SMARTS) is 1. The highest BCUT2D eigenvalue weighted by molar-refractivity contribution is 7.82. The van der Waals surface area contributed by atoms with Crippen LogP contribution >= 0.6 is 0 Å². The Morgan fingerprint density at radius 2 is 2.04 bits per heavy atom. The Balaban J connectivity index is 1.82. The number of hydrogen-bond acceptors (Lipinski definition) is 5. The average molecular weight is 348 g/mol. The highest BCUT2D eigenvalue weighted by Crippen LogP contribution is 2.24. The minimum Gasteiger partial charge on any atom is -0.497 e. The Labute approximate surface area is 141 Å². The summed E-state index contributed by atoms with van der Waals surface area (Å²) < 4.78 is 25.1. The number of aromatic carboxylic acids is 1. The van der Waals surface area contributed by atoms with Crippen LogP contribution in [0.15, 0.2) is 41.3 Å². The van der Waals surface area contributed by atoms with Gasteiger partial charge in [-0.05, 0) is 36.4 Å². The molecule has 0 aliphatic carbocycles. The van der Waals surface area contributed by atoms with Crippen LogP contribution in [0.5, 0.6) is 11.6 Å². The Hall–Kier alpha value is -2.45. The molecule has 7 nitrogen and oxygen atoms in total. The third-order valence-corrected chi connectivity index (χ3v) is 5.04. The lowest BCUT2D eigenvalue weighted by Crippen LogP contribution is -2.28. The molecule has 0 saturated carbocycles. The normalized spacial score (nSPS) is 15.7. The number of benzene rings is 1. The quantitative estimate of drug-likeness (QED) is 0.905. The molecule has 0 spiro atoms. The van der Waals surface area contributed by atoms with Crippen molar-refractivity contribution in [3.63, 3.8) is 0 Å². The molecule has 0 fully saturated rings. The number of aromatic nitrogens is 1. The average Bonchev–Trinajstić information content (AvgIpc) is 2.82. The van der Waals surface area contributed by atoms with Crippen LogP contribution in [0.25, 0.3) is 0 Å². The van der Waals surface area contributed by atoms with Gasteiger partial charge in [-0.1, -0.05) is 0 Å². The fourth-order valence-electron chi connectivity index (χ4n) is 2.33. The van der Waals surface area contributed by atoms with Gasteiger partial charge >= 0.3 is 5.97 Å². The number of methoxy groups -OCH3 is 1. The monoisotopic (exact) mass is 348 g/mol. The summed E-state index contributed by atoms with van der Waals surface area (Å²) in [6, 6.07) is 10.1. The summed E-state index contributed by atoms with van der Waals surface area (Å²) in [5.41, 5.74) is 0.637. The zero-order chi connectivity index (χ0) is 17.1. The molecule has 24 heavy (non-hydrogen) atoms. The molecular weight excluding hydrogens is 332 g/mol. The standard InChI is InChI=1S/C16H16N2O5S/c1-22-12-3-5-13(6-4-12)24(21)18-8-9-23-15-11(10-18)2-7-14(17-15)16(19)20/h2-7H,8-10H2,1H3,(H,19,20). The number of pyridine rings is 1. The third kappa shape index (κ3) is 3.39. The second-order valence-corrected chi connectivity index (χ2v) is 6.59. The van der Waals surface area contributed by atoms with E-state index in [9.17, 15) is 9.00 Å². The predicted octanol–water partition coefficient (Wildman–Crippen LogP) is 1.71. The molecular formula is C16H16N2O5S. The van der Waals surface area contributed by atoms with Crippen LogP contribution in [0.2, 0.25) is 0 Å². The van der Waals surface area contributed by atoms with E-state index in [0.717, 1.165) is 0 Å². The summed E-state index contributed by atoms with van der Waals surface area (Å²) in [5, 5.41) is 9.00. The van der Waals surface area contributed by atoms with E-state index in [0.29, 0.717) is 29.3 Å². The molecule has 1 aromatic heterocycles. The second kappa shape index (κ2) is 6.98. The van der Waals surface area contributed by atoms with Crippen molar-refractivity contribution < 1.29 is 23.6 Å². The number of ether oxygens (including phenoxy) is 2. The van der Waals surface area contributed by atoms with Gasteiger partial charge in [-0.3, -0.25) is 0 Å². The molecule has 1 N–H and O–H groups in total. The zero-order valence-corrected chi connectivity index (χ0v) is 13.8. The van der Waals surface area contributed by atoms with Gasteiger partial charge in [0.2, 0.25) is 5.88 Å². The van der Waals surface area contributed by atoms with Crippen LogP contribution in [0.1, 0.15) is 16.1 Å². The zero-order valence-electron chi connectivity index (χ0n) is 13.0. The molecule has 0 saturated heterocycles. The number of carboxylic acids is 1. The van der Waals surface area contributed by atoms with E-state index in [1.54, 1.807) is 41.7 Å². The van der Waals surface area contributed by atoms with Gasteiger partial charge in [0.05, 0.1) is 12.0 Å². The van der Waals surface area contributed by atoms with Gasteiger partial charge in [0.25, 0.3) is 0 Å². The molecule has 1 aliphatic rings. The first-order valence-corrected chi connectivity index (χ1v) is 8.36. The van der Waals surface area contributed by atoms with Gasteiger partial charge in [0.1, 0.15) is 23.3 Å². The summed E-state index contributed by atoms with van der Waals surface area (Å²) in [6.07, 6.45) is 0. The highest BCUT2D eigenvalue weighted by atomic mass is 32.2. The molecule has 0 amide bonds. The summed E-state index contributed by atoms with van der Waals surface area (Å²) in [6.45, 7) is 1.09. The number of hydrogen-bond donors (Lipinski definition) is 1. The van der Waals surface area contributed by atoms with Crippen molar-refractivity contribution in [2.75, 3.05) is 20.3 Å². The van der Waals surface area contributed by atoms with E-state index < -0.39 is 17.0 Å². The molecule has 1 unspecified atom stereocenters. The lowest BCUT2D eigenvalue weighted by Gasteiger charge is -2.18. The van der Waals surface area contributed by atoms with Crippen molar-refractivity contribution in [3.05, 3.63) is 47.7 Å². The summed E-state index contributed by atoms with van der Waals surface area (Å²) >= 11 is 0. The van der Waals surface area contributed by atoms with Gasteiger partial charge in [-0.2, -0.15) is 0 Å². The van der Waals surface area contributed by atoms with E-state index in [2.05, 4.69) is 4.98 Å². The Morgan fingerprint density at radius 3 is 2.71 bits per heavy atom. The topological polar surface area (TPSA) is 89.0 Å². The first kappa shape index (κ1) is 16.4. The van der Waals surface area contributed by atoms with Gasteiger partial charge in [-0.15, -0.1) is 0 Å². The molecule has 0 radical (unpaired) electrons. The van der Waals surface area contributed by atoms with Gasteiger partial charge in [0, 0.05) is 18.7 Å². The fraction of sp³-hybridized carbons (Fsp3) is 0.250. The van der Waals surface area contributed by atoms with Gasteiger partial charge in [-0.25, -0.2) is 18.3 Å². The highest BCUT2D eigenvalue weighted by Gasteiger charge is 2.23.